The topological polar surface area (TPSA) is 21.5 Å². The van der Waals surface area contributed by atoms with E-state index in [9.17, 15) is 4.79 Å². The summed E-state index contributed by atoms with van der Waals surface area (Å²) < 4.78 is 0. The number of rotatable bonds is 22. The van der Waals surface area contributed by atoms with E-state index < -0.39 is 0 Å². The fourth-order valence-corrected chi connectivity index (χ4v) is 3.71. The molecule has 0 aliphatic carbocycles. The van der Waals surface area contributed by atoms with E-state index in [-0.39, 0.29) is 18.2 Å². The van der Waals surface area contributed by atoms with Crippen LogP contribution in [0.2, 0.25) is 0 Å². The number of unbranched alkanes of at least 4 members (excludes halogenated alkanes) is 17. The van der Waals surface area contributed by atoms with Crippen LogP contribution in [0.4, 0.5) is 0 Å². The molecular weight excluding hydrogens is 366 g/mol. The van der Waals surface area contributed by atoms with Gasteiger partial charge in [-0.05, 0) is 25.3 Å². The molecule has 0 unspecified atom stereocenters. The number of allylic oxidation sites excluding steroid dienone is 1. The first-order chi connectivity index (χ1) is 13.2. The molecule has 0 rings (SSSR count). The predicted octanol–water partition coefficient (Wildman–Crippen LogP) is 3.30. The molecule has 0 saturated carbocycles. The highest BCUT2D eigenvalue weighted by molar-refractivity contribution is 5.88. The maximum absolute atomic E-state index is 11.1. The van der Waals surface area contributed by atoms with Gasteiger partial charge in [-0.2, -0.15) is 0 Å². The molecule has 0 aromatic heterocycles. The van der Waals surface area contributed by atoms with Gasteiger partial charge in [0.15, 0.2) is 5.78 Å². The molecule has 0 saturated heterocycles. The first-order valence-electron chi connectivity index (χ1n) is 12.1. The lowest BCUT2D eigenvalue weighted by molar-refractivity contribution is -0.858. The standard InChI is InChI=1S/C25H49NO.ClH/c1-4-25(27)23-21-19-17-15-13-11-9-7-5-6-8-10-12-14-16-18-20-22-24-26(2)3;/h4H,1,5-24H2,2-3H3;1H. The molecule has 0 spiro atoms. The predicted molar refractivity (Wildman–Crippen MR) is 121 cm³/mol. The molecule has 0 aromatic carbocycles. The van der Waals surface area contributed by atoms with E-state index in [2.05, 4.69) is 20.7 Å². The number of ketones is 1. The molecule has 0 aliphatic heterocycles. The smallest absolute Gasteiger partial charge is 0.155 e. The maximum Gasteiger partial charge on any atom is 0.155 e. The first-order valence-corrected chi connectivity index (χ1v) is 12.1. The van der Waals surface area contributed by atoms with Crippen LogP contribution >= 0.6 is 0 Å². The lowest BCUT2D eigenvalue weighted by atomic mass is 10.0. The Bertz CT molecular complexity index is 331. The van der Waals surface area contributed by atoms with Crippen molar-refractivity contribution in [2.75, 3.05) is 20.6 Å². The summed E-state index contributed by atoms with van der Waals surface area (Å²) in [5.41, 5.74) is 0. The third-order valence-electron chi connectivity index (χ3n) is 5.58. The van der Waals surface area contributed by atoms with Crippen LogP contribution in [0, 0.1) is 0 Å². The summed E-state index contributed by atoms with van der Waals surface area (Å²) in [6, 6.07) is 0. The fourth-order valence-electron chi connectivity index (χ4n) is 3.71. The molecule has 0 aliphatic rings. The maximum atomic E-state index is 11.1. The number of carbonyl (C=O) groups is 1. The van der Waals surface area contributed by atoms with Gasteiger partial charge >= 0.3 is 0 Å². The molecule has 28 heavy (non-hydrogen) atoms. The second kappa shape index (κ2) is 24.7. The van der Waals surface area contributed by atoms with Gasteiger partial charge in [0.2, 0.25) is 0 Å². The SMILES string of the molecule is C=CC(=O)CCCCCCCCCCCCCCCCCCCC[NH+](C)C.[Cl-]. The number of hydrogen-bond donors (Lipinski definition) is 1. The van der Waals surface area contributed by atoms with Crippen molar-refractivity contribution in [1.29, 1.82) is 0 Å². The van der Waals surface area contributed by atoms with Gasteiger partial charge in [0.1, 0.15) is 0 Å². The molecular formula is C25H50ClNO. The van der Waals surface area contributed by atoms with Crippen molar-refractivity contribution < 1.29 is 22.1 Å². The molecule has 0 fully saturated rings. The van der Waals surface area contributed by atoms with Gasteiger partial charge in [-0.15, -0.1) is 0 Å². The average molecular weight is 416 g/mol. The van der Waals surface area contributed by atoms with Crippen LogP contribution in [0.15, 0.2) is 12.7 Å². The van der Waals surface area contributed by atoms with Gasteiger partial charge in [0.25, 0.3) is 0 Å². The summed E-state index contributed by atoms with van der Waals surface area (Å²) >= 11 is 0. The van der Waals surface area contributed by atoms with Crippen molar-refractivity contribution in [2.24, 2.45) is 0 Å². The molecule has 0 heterocycles. The van der Waals surface area contributed by atoms with Crippen LogP contribution < -0.4 is 17.3 Å². The van der Waals surface area contributed by atoms with Crippen molar-refractivity contribution in [3.05, 3.63) is 12.7 Å². The molecule has 168 valence electrons. The summed E-state index contributed by atoms with van der Waals surface area (Å²) in [7, 11) is 4.50. The van der Waals surface area contributed by atoms with Crippen molar-refractivity contribution in [3.8, 4) is 0 Å². The van der Waals surface area contributed by atoms with Crippen LogP contribution in [0.5, 0.6) is 0 Å². The Morgan fingerprint density at radius 1 is 0.607 bits per heavy atom. The Morgan fingerprint density at radius 2 is 0.893 bits per heavy atom. The van der Waals surface area contributed by atoms with Crippen molar-refractivity contribution >= 4 is 5.78 Å². The summed E-state index contributed by atoms with van der Waals surface area (Å²) in [6.07, 6.45) is 27.1. The second-order valence-electron chi connectivity index (χ2n) is 8.74. The van der Waals surface area contributed by atoms with Crippen LogP contribution in [0.25, 0.3) is 0 Å². The number of halogens is 1. The van der Waals surface area contributed by atoms with Crippen LogP contribution in [0.1, 0.15) is 122 Å². The zero-order valence-corrected chi connectivity index (χ0v) is 20.0. The molecule has 0 bridgehead atoms. The van der Waals surface area contributed by atoms with E-state index >= 15 is 0 Å². The minimum atomic E-state index is 0. The van der Waals surface area contributed by atoms with Gasteiger partial charge in [-0.1, -0.05) is 103 Å². The Hall–Kier alpha value is -0.340. The van der Waals surface area contributed by atoms with Crippen LogP contribution in [-0.4, -0.2) is 26.4 Å². The highest BCUT2D eigenvalue weighted by Crippen LogP contribution is 2.14. The molecule has 1 N–H and O–H groups in total. The van der Waals surface area contributed by atoms with Crippen molar-refractivity contribution in [2.45, 2.75) is 122 Å². The summed E-state index contributed by atoms with van der Waals surface area (Å²) in [5, 5.41) is 0. The van der Waals surface area contributed by atoms with E-state index in [1.54, 1.807) is 4.90 Å². The Kier molecular flexibility index (Phi) is 26.3. The quantitative estimate of drug-likeness (QED) is 0.212. The van der Waals surface area contributed by atoms with Gasteiger partial charge in [0.05, 0.1) is 20.6 Å². The number of carbonyl (C=O) groups excluding carboxylic acids is 1. The van der Waals surface area contributed by atoms with Crippen molar-refractivity contribution in [3.63, 3.8) is 0 Å². The van der Waals surface area contributed by atoms with E-state index in [0.29, 0.717) is 6.42 Å². The third kappa shape index (κ3) is 25.7. The third-order valence-corrected chi connectivity index (χ3v) is 5.58. The van der Waals surface area contributed by atoms with E-state index in [1.807, 2.05) is 0 Å². The number of nitrogens with one attached hydrogen (secondary N) is 1. The van der Waals surface area contributed by atoms with Gasteiger partial charge in [-0.25, -0.2) is 0 Å². The van der Waals surface area contributed by atoms with Crippen molar-refractivity contribution in [1.82, 2.24) is 0 Å². The lowest BCUT2D eigenvalue weighted by Crippen LogP contribution is -3.05. The molecule has 0 radical (unpaired) electrons. The molecule has 0 amide bonds. The highest BCUT2D eigenvalue weighted by Gasteiger charge is 1.97. The summed E-state index contributed by atoms with van der Waals surface area (Å²) in [5.74, 6) is 0.200. The Balaban J connectivity index is 0. The Labute approximate surface area is 183 Å². The fraction of sp³-hybridized carbons (Fsp3) is 0.880. The zero-order chi connectivity index (χ0) is 20.0. The normalized spacial score (nSPS) is 10.8. The van der Waals surface area contributed by atoms with Crippen LogP contribution in [0.3, 0.4) is 0 Å². The highest BCUT2D eigenvalue weighted by atomic mass is 35.5. The summed E-state index contributed by atoms with van der Waals surface area (Å²) in [6.45, 7) is 4.85. The van der Waals surface area contributed by atoms with Gasteiger partial charge < -0.3 is 17.3 Å². The first kappa shape index (κ1) is 29.9. The summed E-state index contributed by atoms with van der Waals surface area (Å²) in [4.78, 5) is 12.7. The van der Waals surface area contributed by atoms with Crippen LogP contribution in [-0.2, 0) is 4.79 Å². The largest absolute Gasteiger partial charge is 1.00 e. The minimum absolute atomic E-state index is 0. The Morgan fingerprint density at radius 3 is 1.18 bits per heavy atom. The number of hydrogen-bond acceptors (Lipinski definition) is 1. The monoisotopic (exact) mass is 415 g/mol. The molecule has 0 aromatic rings. The van der Waals surface area contributed by atoms with E-state index in [4.69, 9.17) is 0 Å². The zero-order valence-electron chi connectivity index (χ0n) is 19.2. The second-order valence-corrected chi connectivity index (χ2v) is 8.74. The minimum Gasteiger partial charge on any atom is -1.00 e. The van der Waals surface area contributed by atoms with Gasteiger partial charge in [-0.3, -0.25) is 4.79 Å². The molecule has 0 atom stereocenters. The number of quaternary nitrogens is 1. The molecule has 2 nitrogen and oxygen atoms in total. The lowest BCUT2D eigenvalue weighted by Gasteiger charge is -2.06. The molecule has 3 heteroatoms. The van der Waals surface area contributed by atoms with Gasteiger partial charge in [0, 0.05) is 6.42 Å². The average Bonchev–Trinajstić information content (AvgIpc) is 2.65. The van der Waals surface area contributed by atoms with E-state index in [1.165, 1.54) is 122 Å². The van der Waals surface area contributed by atoms with E-state index in [0.717, 1.165) is 6.42 Å².